The van der Waals surface area contributed by atoms with Crippen LogP contribution in [0.25, 0.3) is 0 Å². The average molecular weight is 276 g/mol. The summed E-state index contributed by atoms with van der Waals surface area (Å²) < 4.78 is 1.94. The Morgan fingerprint density at radius 2 is 2.20 bits per heavy atom. The van der Waals surface area contributed by atoms with Gasteiger partial charge >= 0.3 is 0 Å². The molecule has 0 saturated heterocycles. The number of nitrogens with one attached hydrogen (secondary N) is 2. The zero-order valence-electron chi connectivity index (χ0n) is 12.0. The highest BCUT2D eigenvalue weighted by Crippen LogP contribution is 2.11. The summed E-state index contributed by atoms with van der Waals surface area (Å²) in [6, 6.07) is 2.04. The number of hydrogen-bond donors (Lipinski definition) is 3. The van der Waals surface area contributed by atoms with Crippen LogP contribution in [0.2, 0.25) is 0 Å². The summed E-state index contributed by atoms with van der Waals surface area (Å²) in [6.45, 7) is 7.11. The first-order valence-electron chi connectivity index (χ1n) is 6.58. The number of nitrogens with zero attached hydrogens (tertiary/aromatic N) is 3. The van der Waals surface area contributed by atoms with Gasteiger partial charge in [0.05, 0.1) is 5.69 Å². The Bertz CT molecular complexity index is 593. The highest BCUT2D eigenvalue weighted by atomic mass is 16.1. The van der Waals surface area contributed by atoms with Crippen LogP contribution in [-0.4, -0.2) is 32.4 Å². The number of hydrogen-bond acceptors (Lipinski definition) is 4. The summed E-state index contributed by atoms with van der Waals surface area (Å²) in [5.41, 5.74) is 8.89. The summed E-state index contributed by atoms with van der Waals surface area (Å²) in [6.07, 6.45) is 0.810. The number of aromatic amines is 1. The fourth-order valence-corrected chi connectivity index (χ4v) is 2.16. The van der Waals surface area contributed by atoms with Gasteiger partial charge in [-0.05, 0) is 33.3 Å². The molecule has 1 amide bonds. The molecular weight excluding hydrogens is 256 g/mol. The van der Waals surface area contributed by atoms with Crippen molar-refractivity contribution in [3.63, 3.8) is 0 Å². The van der Waals surface area contributed by atoms with E-state index in [4.69, 9.17) is 5.73 Å². The molecule has 0 aliphatic rings. The van der Waals surface area contributed by atoms with E-state index in [9.17, 15) is 4.79 Å². The van der Waals surface area contributed by atoms with Crippen LogP contribution in [0.4, 0.5) is 5.82 Å². The average Bonchev–Trinajstić information content (AvgIpc) is 2.87. The van der Waals surface area contributed by atoms with Crippen LogP contribution in [0.3, 0.4) is 0 Å². The highest BCUT2D eigenvalue weighted by Gasteiger charge is 2.15. The second-order valence-corrected chi connectivity index (χ2v) is 4.87. The minimum absolute atomic E-state index is 0.192. The second kappa shape index (κ2) is 5.77. The predicted octanol–water partition coefficient (Wildman–Crippen LogP) is 0.934. The first-order valence-corrected chi connectivity index (χ1v) is 6.58. The molecule has 0 aliphatic carbocycles. The molecule has 0 unspecified atom stereocenters. The monoisotopic (exact) mass is 276 g/mol. The number of nitrogen functional groups attached to an aromatic ring is 1. The van der Waals surface area contributed by atoms with Crippen molar-refractivity contribution >= 4 is 11.7 Å². The summed E-state index contributed by atoms with van der Waals surface area (Å²) in [5.74, 6) is 0.0423. The van der Waals surface area contributed by atoms with E-state index in [2.05, 4.69) is 20.6 Å². The molecule has 2 aromatic rings. The number of anilines is 1. The number of rotatable bonds is 5. The van der Waals surface area contributed by atoms with E-state index < -0.39 is 0 Å². The lowest BCUT2D eigenvalue weighted by Gasteiger charge is -2.06. The lowest BCUT2D eigenvalue weighted by Crippen LogP contribution is -2.26. The van der Waals surface area contributed by atoms with Gasteiger partial charge in [-0.25, -0.2) is 0 Å². The van der Waals surface area contributed by atoms with E-state index in [-0.39, 0.29) is 11.7 Å². The molecule has 0 saturated carbocycles. The molecule has 7 heteroatoms. The van der Waals surface area contributed by atoms with E-state index in [1.54, 1.807) is 6.92 Å². The number of nitrogens with two attached hydrogens (primary N) is 1. The molecule has 2 aromatic heterocycles. The maximum absolute atomic E-state index is 12.0. The van der Waals surface area contributed by atoms with E-state index in [0.717, 1.165) is 24.4 Å². The zero-order valence-corrected chi connectivity index (χ0v) is 12.0. The number of H-pyrrole nitrogens is 1. The van der Waals surface area contributed by atoms with Crippen LogP contribution in [0.15, 0.2) is 6.07 Å². The van der Waals surface area contributed by atoms with Crippen molar-refractivity contribution in [1.82, 2.24) is 25.3 Å². The summed E-state index contributed by atoms with van der Waals surface area (Å²) in [4.78, 5) is 12.0. The molecule has 108 valence electrons. The van der Waals surface area contributed by atoms with Gasteiger partial charge in [0.1, 0.15) is 5.56 Å². The maximum atomic E-state index is 12.0. The van der Waals surface area contributed by atoms with E-state index in [0.29, 0.717) is 17.8 Å². The topological polar surface area (TPSA) is 102 Å². The van der Waals surface area contributed by atoms with Gasteiger partial charge in [0.2, 0.25) is 0 Å². The van der Waals surface area contributed by atoms with E-state index >= 15 is 0 Å². The Morgan fingerprint density at radius 3 is 2.75 bits per heavy atom. The van der Waals surface area contributed by atoms with Crippen molar-refractivity contribution in [2.24, 2.45) is 0 Å². The Morgan fingerprint density at radius 1 is 1.45 bits per heavy atom. The third-order valence-electron chi connectivity index (χ3n) is 3.14. The van der Waals surface area contributed by atoms with Gasteiger partial charge in [-0.2, -0.15) is 10.2 Å². The minimum Gasteiger partial charge on any atom is -0.382 e. The van der Waals surface area contributed by atoms with Gasteiger partial charge in [0, 0.05) is 24.5 Å². The van der Waals surface area contributed by atoms with Crippen LogP contribution < -0.4 is 11.1 Å². The fourth-order valence-electron chi connectivity index (χ4n) is 2.16. The minimum atomic E-state index is -0.192. The number of amides is 1. The van der Waals surface area contributed by atoms with Crippen molar-refractivity contribution in [2.45, 2.75) is 33.7 Å². The lowest BCUT2D eigenvalue weighted by molar-refractivity contribution is 0.0953. The van der Waals surface area contributed by atoms with E-state index in [1.165, 1.54) is 0 Å². The maximum Gasteiger partial charge on any atom is 0.256 e. The SMILES string of the molecule is Cc1cc(C)n(CCCNC(=O)c2c(N)n[nH]c2C)n1. The molecule has 0 bridgehead atoms. The van der Waals surface area contributed by atoms with Crippen LogP contribution in [0, 0.1) is 20.8 Å². The number of aryl methyl sites for hydroxylation is 4. The number of aromatic nitrogens is 4. The summed E-state index contributed by atoms with van der Waals surface area (Å²) >= 11 is 0. The van der Waals surface area contributed by atoms with Crippen molar-refractivity contribution in [3.05, 3.63) is 28.7 Å². The van der Waals surface area contributed by atoms with Gasteiger partial charge in [0.25, 0.3) is 5.91 Å². The Hall–Kier alpha value is -2.31. The summed E-state index contributed by atoms with van der Waals surface area (Å²) in [5, 5.41) is 13.7. The molecule has 4 N–H and O–H groups in total. The molecule has 0 atom stereocenters. The predicted molar refractivity (Wildman–Crippen MR) is 76.4 cm³/mol. The van der Waals surface area contributed by atoms with Crippen molar-refractivity contribution < 1.29 is 4.79 Å². The quantitative estimate of drug-likeness (QED) is 0.707. The Labute approximate surface area is 117 Å². The Kier molecular flexibility index (Phi) is 4.07. The van der Waals surface area contributed by atoms with Crippen LogP contribution >= 0.6 is 0 Å². The molecule has 2 rings (SSSR count). The molecule has 20 heavy (non-hydrogen) atoms. The molecule has 2 heterocycles. The van der Waals surface area contributed by atoms with Gasteiger partial charge < -0.3 is 11.1 Å². The first-order chi connectivity index (χ1) is 9.49. The molecule has 0 fully saturated rings. The fraction of sp³-hybridized carbons (Fsp3) is 0.462. The molecule has 0 aromatic carbocycles. The van der Waals surface area contributed by atoms with Crippen molar-refractivity contribution in [1.29, 1.82) is 0 Å². The largest absolute Gasteiger partial charge is 0.382 e. The van der Waals surface area contributed by atoms with Crippen LogP contribution in [0.1, 0.15) is 33.9 Å². The third-order valence-corrected chi connectivity index (χ3v) is 3.14. The molecule has 0 spiro atoms. The van der Waals surface area contributed by atoms with Crippen LogP contribution in [-0.2, 0) is 6.54 Å². The normalized spacial score (nSPS) is 10.8. The molecule has 0 aliphatic heterocycles. The van der Waals surface area contributed by atoms with Gasteiger partial charge in [-0.1, -0.05) is 0 Å². The Balaban J connectivity index is 1.82. The third kappa shape index (κ3) is 2.98. The lowest BCUT2D eigenvalue weighted by atomic mass is 10.2. The standard InChI is InChI=1S/C13H20N6O/c1-8-7-9(2)19(18-8)6-4-5-15-13(20)11-10(3)16-17-12(11)14/h7H,4-6H2,1-3H3,(H,15,20)(H3,14,16,17). The van der Waals surface area contributed by atoms with Crippen molar-refractivity contribution in [2.75, 3.05) is 12.3 Å². The highest BCUT2D eigenvalue weighted by molar-refractivity contribution is 5.99. The summed E-state index contributed by atoms with van der Waals surface area (Å²) in [7, 11) is 0. The molecular formula is C13H20N6O. The van der Waals surface area contributed by atoms with Gasteiger partial charge in [-0.3, -0.25) is 14.6 Å². The second-order valence-electron chi connectivity index (χ2n) is 4.87. The zero-order chi connectivity index (χ0) is 14.7. The van der Waals surface area contributed by atoms with E-state index in [1.807, 2.05) is 24.6 Å². The number of carbonyl (C=O) groups is 1. The van der Waals surface area contributed by atoms with Gasteiger partial charge in [0.15, 0.2) is 5.82 Å². The van der Waals surface area contributed by atoms with Crippen molar-refractivity contribution in [3.8, 4) is 0 Å². The first kappa shape index (κ1) is 14.1. The number of carbonyl (C=O) groups excluding carboxylic acids is 1. The molecule has 7 nitrogen and oxygen atoms in total. The van der Waals surface area contributed by atoms with Crippen LogP contribution in [0.5, 0.6) is 0 Å². The molecule has 0 radical (unpaired) electrons. The smallest absolute Gasteiger partial charge is 0.256 e. The van der Waals surface area contributed by atoms with Gasteiger partial charge in [-0.15, -0.1) is 0 Å².